The highest BCUT2D eigenvalue weighted by Crippen LogP contribution is 2.25. The number of nitrogens with one attached hydrogen (secondary N) is 1. The number of carbonyl (C=O) groups excluding carboxylic acids is 1. The third-order valence-corrected chi connectivity index (χ3v) is 5.20. The Bertz CT molecular complexity index is 975. The van der Waals surface area contributed by atoms with Gasteiger partial charge in [0.25, 0.3) is 0 Å². The van der Waals surface area contributed by atoms with Gasteiger partial charge in [0, 0.05) is 36.7 Å². The van der Waals surface area contributed by atoms with Gasteiger partial charge >= 0.3 is 0 Å². The molecule has 1 fully saturated rings. The summed E-state index contributed by atoms with van der Waals surface area (Å²) in [5.74, 6) is 0.814. The summed E-state index contributed by atoms with van der Waals surface area (Å²) in [5, 5.41) is 15.5. The third-order valence-electron chi connectivity index (χ3n) is 5.20. The lowest BCUT2D eigenvalue weighted by Crippen LogP contribution is -2.27. The van der Waals surface area contributed by atoms with E-state index in [4.69, 9.17) is 0 Å². The molecule has 1 N–H and O–H groups in total. The van der Waals surface area contributed by atoms with Gasteiger partial charge in [-0.1, -0.05) is 12.1 Å². The van der Waals surface area contributed by atoms with E-state index in [0.29, 0.717) is 6.54 Å². The molecule has 4 rings (SSSR count). The Hall–Kier alpha value is -3.22. The first-order valence-electron chi connectivity index (χ1n) is 9.89. The monoisotopic (exact) mass is 390 g/mol. The van der Waals surface area contributed by atoms with E-state index in [1.165, 1.54) is 0 Å². The first kappa shape index (κ1) is 19.1. The molecule has 0 bridgehead atoms. The summed E-state index contributed by atoms with van der Waals surface area (Å²) in [4.78, 5) is 14.8. The molecule has 0 saturated carbocycles. The zero-order chi connectivity index (χ0) is 20.4. The zero-order valence-electron chi connectivity index (χ0n) is 17.0. The lowest BCUT2D eigenvalue weighted by Gasteiger charge is -2.18. The van der Waals surface area contributed by atoms with E-state index in [9.17, 15) is 4.79 Å². The van der Waals surface area contributed by atoms with Crippen LogP contribution in [0.15, 0.2) is 55.0 Å². The van der Waals surface area contributed by atoms with Crippen molar-refractivity contribution in [3.63, 3.8) is 0 Å². The smallest absolute Gasteiger partial charge is 0.229 e. The quantitative estimate of drug-likeness (QED) is 0.737. The minimum Gasteiger partial charge on any atom is -0.354 e. The van der Waals surface area contributed by atoms with Crippen LogP contribution in [0.3, 0.4) is 0 Å². The number of amides is 1. The summed E-state index contributed by atoms with van der Waals surface area (Å²) in [5.41, 5.74) is 2.90. The van der Waals surface area contributed by atoms with Crippen molar-refractivity contribution in [1.82, 2.24) is 20.0 Å². The second-order valence-corrected chi connectivity index (χ2v) is 8.42. The molecule has 2 aromatic heterocycles. The molecule has 0 spiro atoms. The van der Waals surface area contributed by atoms with Crippen molar-refractivity contribution in [2.45, 2.75) is 32.7 Å². The summed E-state index contributed by atoms with van der Waals surface area (Å²) < 4.78 is 1.96. The van der Waals surface area contributed by atoms with Crippen molar-refractivity contribution >= 4 is 17.4 Å². The van der Waals surface area contributed by atoms with Crippen molar-refractivity contribution in [3.8, 4) is 11.1 Å². The van der Waals surface area contributed by atoms with Gasteiger partial charge < -0.3 is 10.2 Å². The van der Waals surface area contributed by atoms with Crippen LogP contribution in [0.4, 0.5) is 11.5 Å². The van der Waals surface area contributed by atoms with Crippen LogP contribution in [0.1, 0.15) is 27.2 Å². The van der Waals surface area contributed by atoms with E-state index in [1.807, 2.05) is 53.5 Å². The summed E-state index contributed by atoms with van der Waals surface area (Å²) in [6, 6.07) is 11.7. The fourth-order valence-electron chi connectivity index (χ4n) is 3.47. The topological polar surface area (TPSA) is 75.9 Å². The molecule has 1 amide bonds. The Kier molecular flexibility index (Phi) is 5.05. The fourth-order valence-corrected chi connectivity index (χ4v) is 3.47. The minimum absolute atomic E-state index is 0.0460. The average molecular weight is 390 g/mol. The number of nitrogens with zero attached hydrogens (tertiary/aromatic N) is 5. The van der Waals surface area contributed by atoms with Crippen LogP contribution in [0, 0.1) is 5.92 Å². The molecule has 1 saturated heterocycles. The number of anilines is 2. The SMILES string of the molecule is CC(C)(C)n1cc(-c2ccc(NC(=O)[C@H]3CCN(c4cccnn4)C3)cc2)cn1. The largest absolute Gasteiger partial charge is 0.354 e. The summed E-state index contributed by atoms with van der Waals surface area (Å²) >= 11 is 0. The van der Waals surface area contributed by atoms with Crippen molar-refractivity contribution in [2.24, 2.45) is 5.92 Å². The third kappa shape index (κ3) is 4.29. The number of carbonyl (C=O) groups is 1. The van der Waals surface area contributed by atoms with Gasteiger partial charge in [-0.2, -0.15) is 10.2 Å². The number of hydrogen-bond donors (Lipinski definition) is 1. The maximum atomic E-state index is 12.7. The van der Waals surface area contributed by atoms with Gasteiger partial charge in [-0.3, -0.25) is 9.48 Å². The predicted molar refractivity (Wildman–Crippen MR) is 114 cm³/mol. The lowest BCUT2D eigenvalue weighted by atomic mass is 10.1. The molecule has 150 valence electrons. The predicted octanol–water partition coefficient (Wildman–Crippen LogP) is 3.56. The molecule has 0 aliphatic carbocycles. The highest BCUT2D eigenvalue weighted by molar-refractivity contribution is 5.93. The van der Waals surface area contributed by atoms with Gasteiger partial charge in [-0.05, 0) is 57.0 Å². The van der Waals surface area contributed by atoms with Gasteiger partial charge in [-0.25, -0.2) is 0 Å². The van der Waals surface area contributed by atoms with Gasteiger partial charge in [0.1, 0.15) is 0 Å². The van der Waals surface area contributed by atoms with Crippen molar-refractivity contribution in [3.05, 3.63) is 55.0 Å². The van der Waals surface area contributed by atoms with Gasteiger partial charge in [0.05, 0.1) is 17.7 Å². The van der Waals surface area contributed by atoms with E-state index in [0.717, 1.165) is 35.6 Å². The van der Waals surface area contributed by atoms with Crippen LogP contribution in [0.5, 0.6) is 0 Å². The van der Waals surface area contributed by atoms with Gasteiger partial charge in [-0.15, -0.1) is 5.10 Å². The van der Waals surface area contributed by atoms with Crippen LogP contribution in [0.2, 0.25) is 0 Å². The Morgan fingerprint density at radius 2 is 1.93 bits per heavy atom. The molecule has 3 heterocycles. The van der Waals surface area contributed by atoms with Crippen LogP contribution < -0.4 is 10.2 Å². The van der Waals surface area contributed by atoms with Gasteiger partial charge in [0.15, 0.2) is 5.82 Å². The summed E-state index contributed by atoms with van der Waals surface area (Å²) in [6.45, 7) is 7.84. The molecular formula is C22H26N6O. The molecule has 7 nitrogen and oxygen atoms in total. The molecule has 0 unspecified atom stereocenters. The van der Waals surface area contributed by atoms with Crippen molar-refractivity contribution in [2.75, 3.05) is 23.3 Å². The molecule has 1 aromatic carbocycles. The minimum atomic E-state index is -0.0540. The van der Waals surface area contributed by atoms with E-state index in [-0.39, 0.29) is 17.4 Å². The fraction of sp³-hybridized carbons (Fsp3) is 0.364. The summed E-state index contributed by atoms with van der Waals surface area (Å²) in [6.07, 6.45) is 6.39. The highest BCUT2D eigenvalue weighted by atomic mass is 16.1. The van der Waals surface area contributed by atoms with Gasteiger partial charge in [0.2, 0.25) is 5.91 Å². The Morgan fingerprint density at radius 1 is 1.14 bits per heavy atom. The normalized spacial score (nSPS) is 16.8. The van der Waals surface area contributed by atoms with Crippen LogP contribution in [-0.2, 0) is 10.3 Å². The van der Waals surface area contributed by atoms with E-state index >= 15 is 0 Å². The number of aromatic nitrogens is 4. The average Bonchev–Trinajstić information content (AvgIpc) is 3.39. The molecule has 0 radical (unpaired) electrons. The molecule has 7 heteroatoms. The maximum absolute atomic E-state index is 12.7. The molecule has 3 aromatic rings. The molecular weight excluding hydrogens is 364 g/mol. The number of benzene rings is 1. The van der Waals surface area contributed by atoms with E-state index in [1.54, 1.807) is 6.20 Å². The molecule has 1 aliphatic rings. The number of hydrogen-bond acceptors (Lipinski definition) is 5. The Morgan fingerprint density at radius 3 is 2.59 bits per heavy atom. The standard InChI is InChI=1S/C22H26N6O/c1-22(2,3)28-15-18(13-24-28)16-6-8-19(9-7-16)25-21(29)17-10-12-27(14-17)20-5-4-11-23-26-20/h4-9,11,13,15,17H,10,12,14H2,1-3H3,(H,25,29)/t17-/m0/s1. The zero-order valence-corrected chi connectivity index (χ0v) is 17.0. The van der Waals surface area contributed by atoms with Crippen LogP contribution in [-0.4, -0.2) is 39.0 Å². The Balaban J connectivity index is 1.38. The molecule has 1 atom stereocenters. The first-order valence-corrected chi connectivity index (χ1v) is 9.89. The Labute approximate surface area is 170 Å². The molecule has 29 heavy (non-hydrogen) atoms. The van der Waals surface area contributed by atoms with E-state index < -0.39 is 0 Å². The van der Waals surface area contributed by atoms with Crippen molar-refractivity contribution in [1.29, 1.82) is 0 Å². The van der Waals surface area contributed by atoms with Crippen LogP contribution >= 0.6 is 0 Å². The van der Waals surface area contributed by atoms with E-state index in [2.05, 4.69) is 46.3 Å². The highest BCUT2D eigenvalue weighted by Gasteiger charge is 2.29. The van der Waals surface area contributed by atoms with Crippen molar-refractivity contribution < 1.29 is 4.79 Å². The maximum Gasteiger partial charge on any atom is 0.229 e. The first-order chi connectivity index (χ1) is 13.9. The summed E-state index contributed by atoms with van der Waals surface area (Å²) in [7, 11) is 0. The number of rotatable bonds is 4. The second kappa shape index (κ2) is 7.66. The lowest BCUT2D eigenvalue weighted by molar-refractivity contribution is -0.119. The second-order valence-electron chi connectivity index (χ2n) is 8.42. The van der Waals surface area contributed by atoms with Crippen LogP contribution in [0.25, 0.3) is 11.1 Å². The molecule has 1 aliphatic heterocycles.